The van der Waals surface area contributed by atoms with E-state index in [0.717, 1.165) is 75.3 Å². The van der Waals surface area contributed by atoms with Gasteiger partial charge in [0.15, 0.2) is 0 Å². The SMILES string of the molecule is Cn1c(=O)n(C2CCC(=O)NC2=O)c2ccc(CCCC3CCN(C(=O)[C@](NC(=O)O)(C4CCCCC4)C(C)(C)C)CC3)cc21. The van der Waals surface area contributed by atoms with Gasteiger partial charge in [0.1, 0.15) is 11.6 Å². The molecule has 3 N–H and O–H groups in total. The highest BCUT2D eigenvalue weighted by molar-refractivity contribution is 6.00. The predicted octanol–water partition coefficient (Wildman–Crippen LogP) is 4.51. The summed E-state index contributed by atoms with van der Waals surface area (Å²) in [6, 6.07) is 5.24. The molecule has 5 rings (SSSR count). The van der Waals surface area contributed by atoms with Crippen LogP contribution in [0.25, 0.3) is 11.0 Å². The highest BCUT2D eigenvalue weighted by Gasteiger charge is 2.56. The first-order chi connectivity index (χ1) is 21.3. The molecule has 2 atom stereocenters. The molecule has 0 spiro atoms. The molecule has 1 unspecified atom stereocenters. The highest BCUT2D eigenvalue weighted by Crippen LogP contribution is 2.45. The maximum atomic E-state index is 14.2. The summed E-state index contributed by atoms with van der Waals surface area (Å²) < 4.78 is 3.07. The van der Waals surface area contributed by atoms with E-state index in [1.807, 2.05) is 43.9 Å². The van der Waals surface area contributed by atoms with E-state index in [2.05, 4.69) is 10.6 Å². The fraction of sp³-hybridized carbons (Fsp3) is 0.676. The molecule has 1 aromatic heterocycles. The Morgan fingerprint density at radius 2 is 1.67 bits per heavy atom. The second-order valence-electron chi connectivity index (χ2n) is 14.5. The van der Waals surface area contributed by atoms with Gasteiger partial charge >= 0.3 is 11.8 Å². The molecular weight excluding hydrogens is 574 g/mol. The summed E-state index contributed by atoms with van der Waals surface area (Å²) in [6.45, 7) is 7.23. The molecule has 4 amide bonds. The molecule has 2 aliphatic heterocycles. The number of imidazole rings is 1. The molecule has 3 aliphatic rings. The molecule has 2 saturated heterocycles. The van der Waals surface area contributed by atoms with Gasteiger partial charge < -0.3 is 15.3 Å². The Labute approximate surface area is 264 Å². The van der Waals surface area contributed by atoms with Gasteiger partial charge in [0, 0.05) is 26.6 Å². The summed E-state index contributed by atoms with van der Waals surface area (Å²) in [5.41, 5.74) is 0.611. The van der Waals surface area contributed by atoms with Crippen LogP contribution in [0.1, 0.15) is 103 Å². The summed E-state index contributed by atoms with van der Waals surface area (Å²) in [5, 5.41) is 15.0. The molecule has 11 nitrogen and oxygen atoms in total. The topological polar surface area (TPSA) is 143 Å². The van der Waals surface area contributed by atoms with E-state index in [-0.39, 0.29) is 29.8 Å². The third kappa shape index (κ3) is 6.40. The van der Waals surface area contributed by atoms with E-state index in [9.17, 15) is 29.1 Å². The first-order valence-corrected chi connectivity index (χ1v) is 16.7. The average Bonchev–Trinajstić information content (AvgIpc) is 3.24. The van der Waals surface area contributed by atoms with Crippen LogP contribution >= 0.6 is 0 Å². The molecular formula is C34H49N5O6. The number of carbonyl (C=O) groups excluding carboxylic acids is 3. The average molecular weight is 624 g/mol. The van der Waals surface area contributed by atoms with E-state index in [1.165, 1.54) is 4.57 Å². The van der Waals surface area contributed by atoms with Crippen molar-refractivity contribution in [3.05, 3.63) is 34.2 Å². The maximum Gasteiger partial charge on any atom is 0.405 e. The number of hydrogen-bond donors (Lipinski definition) is 3. The van der Waals surface area contributed by atoms with Crippen molar-refractivity contribution in [2.24, 2.45) is 24.3 Å². The number of rotatable bonds is 8. The molecule has 0 radical (unpaired) electrons. The number of likely N-dealkylation sites (tertiary alicyclic amines) is 1. The van der Waals surface area contributed by atoms with Gasteiger partial charge in [-0.1, -0.05) is 46.1 Å². The lowest BCUT2D eigenvalue weighted by Gasteiger charge is -2.52. The fourth-order valence-corrected chi connectivity index (χ4v) is 8.22. The number of benzene rings is 1. The molecule has 246 valence electrons. The van der Waals surface area contributed by atoms with Crippen LogP contribution in [0.5, 0.6) is 0 Å². The number of imide groups is 1. The Hall–Kier alpha value is -3.63. The molecule has 3 fully saturated rings. The van der Waals surface area contributed by atoms with Crippen LogP contribution < -0.4 is 16.3 Å². The van der Waals surface area contributed by atoms with Crippen molar-refractivity contribution < 1.29 is 24.3 Å². The first-order valence-electron chi connectivity index (χ1n) is 16.7. The Kier molecular flexibility index (Phi) is 9.46. The third-order valence-corrected chi connectivity index (χ3v) is 10.7. The lowest BCUT2D eigenvalue weighted by Crippen LogP contribution is -2.70. The molecule has 11 heteroatoms. The van der Waals surface area contributed by atoms with Gasteiger partial charge in [-0.2, -0.15) is 0 Å². The van der Waals surface area contributed by atoms with Crippen molar-refractivity contribution in [3.63, 3.8) is 0 Å². The minimum absolute atomic E-state index is 0.00895. The fourth-order valence-electron chi connectivity index (χ4n) is 8.22. The number of carboxylic acid groups (broad SMARTS) is 1. The minimum atomic E-state index is -1.14. The summed E-state index contributed by atoms with van der Waals surface area (Å²) in [5.74, 6) is -0.330. The van der Waals surface area contributed by atoms with Gasteiger partial charge in [-0.25, -0.2) is 9.59 Å². The summed E-state index contributed by atoms with van der Waals surface area (Å²) in [4.78, 5) is 65.4. The summed E-state index contributed by atoms with van der Waals surface area (Å²) in [7, 11) is 1.71. The molecule has 45 heavy (non-hydrogen) atoms. The standard InChI is InChI=1S/C34H49N5O6/c1-33(2,3)34(36-31(43)44,24-11-6-5-7-12-24)30(42)38-19-17-22(18-20-38)9-8-10-23-13-14-25-27(21-23)37(4)32(45)39(25)26-15-16-28(40)35-29(26)41/h13-14,21-22,24,26,36H,5-12,15-20H2,1-4H3,(H,43,44)(H,35,40,41)/t26?,34-/m1/s1. The number of aromatic nitrogens is 2. The van der Waals surface area contributed by atoms with Gasteiger partial charge in [-0.3, -0.25) is 28.8 Å². The number of nitrogens with one attached hydrogen (secondary N) is 2. The van der Waals surface area contributed by atoms with Gasteiger partial charge in [0.05, 0.1) is 11.0 Å². The third-order valence-electron chi connectivity index (χ3n) is 10.7. The van der Waals surface area contributed by atoms with Crippen molar-refractivity contribution in [3.8, 4) is 0 Å². The number of amides is 4. The van der Waals surface area contributed by atoms with Crippen LogP contribution in [-0.2, 0) is 27.9 Å². The maximum absolute atomic E-state index is 14.2. The normalized spacial score (nSPS) is 21.9. The number of carbonyl (C=O) groups is 4. The van der Waals surface area contributed by atoms with E-state index in [4.69, 9.17) is 0 Å². The second kappa shape index (κ2) is 13.0. The predicted molar refractivity (Wildman–Crippen MR) is 171 cm³/mol. The molecule has 1 aliphatic carbocycles. The largest absolute Gasteiger partial charge is 0.465 e. The second-order valence-corrected chi connectivity index (χ2v) is 14.5. The smallest absolute Gasteiger partial charge is 0.405 e. The van der Waals surface area contributed by atoms with Crippen LogP contribution in [0.3, 0.4) is 0 Å². The van der Waals surface area contributed by atoms with Gasteiger partial charge in [0.2, 0.25) is 17.7 Å². The number of fused-ring (bicyclic) bond motifs is 1. The number of nitrogens with zero attached hydrogens (tertiary/aromatic N) is 3. The Morgan fingerprint density at radius 3 is 2.29 bits per heavy atom. The van der Waals surface area contributed by atoms with Crippen molar-refractivity contribution >= 4 is 34.8 Å². The van der Waals surface area contributed by atoms with Crippen molar-refractivity contribution in [1.29, 1.82) is 0 Å². The summed E-state index contributed by atoms with van der Waals surface area (Å²) >= 11 is 0. The van der Waals surface area contributed by atoms with Crippen LogP contribution in [0.4, 0.5) is 4.79 Å². The first kappa shape index (κ1) is 32.8. The zero-order chi connectivity index (χ0) is 32.5. The molecule has 2 aromatic rings. The van der Waals surface area contributed by atoms with Crippen LogP contribution in [0.15, 0.2) is 23.0 Å². The summed E-state index contributed by atoms with van der Waals surface area (Å²) in [6.07, 6.45) is 8.92. The Bertz CT molecular complexity index is 1510. The number of hydrogen-bond acceptors (Lipinski definition) is 5. The number of aryl methyl sites for hydroxylation is 2. The van der Waals surface area contributed by atoms with Gasteiger partial charge in [-0.15, -0.1) is 0 Å². The van der Waals surface area contributed by atoms with Crippen molar-refractivity contribution in [2.75, 3.05) is 13.1 Å². The monoisotopic (exact) mass is 623 g/mol. The zero-order valence-electron chi connectivity index (χ0n) is 27.2. The molecule has 1 saturated carbocycles. The quantitative estimate of drug-likeness (QED) is 0.370. The molecule has 0 bridgehead atoms. The Morgan fingerprint density at radius 1 is 0.978 bits per heavy atom. The molecule has 3 heterocycles. The van der Waals surface area contributed by atoms with E-state index < -0.39 is 29.0 Å². The minimum Gasteiger partial charge on any atom is -0.465 e. The highest BCUT2D eigenvalue weighted by atomic mass is 16.4. The van der Waals surface area contributed by atoms with Crippen molar-refractivity contribution in [1.82, 2.24) is 24.7 Å². The zero-order valence-corrected chi connectivity index (χ0v) is 27.2. The van der Waals surface area contributed by atoms with Crippen LogP contribution in [0.2, 0.25) is 0 Å². The van der Waals surface area contributed by atoms with Crippen LogP contribution in [-0.4, -0.2) is 61.6 Å². The lowest BCUT2D eigenvalue weighted by atomic mass is 9.61. The van der Waals surface area contributed by atoms with Gasteiger partial charge in [0.25, 0.3) is 0 Å². The van der Waals surface area contributed by atoms with E-state index in [0.29, 0.717) is 30.9 Å². The number of piperidine rings is 2. The Balaban J connectivity index is 1.20. The van der Waals surface area contributed by atoms with E-state index in [1.54, 1.807) is 11.6 Å². The molecule has 1 aromatic carbocycles. The van der Waals surface area contributed by atoms with Gasteiger partial charge in [-0.05, 0) is 86.3 Å². The van der Waals surface area contributed by atoms with Crippen LogP contribution in [0, 0.1) is 17.3 Å². The van der Waals surface area contributed by atoms with E-state index >= 15 is 0 Å². The lowest BCUT2D eigenvalue weighted by molar-refractivity contribution is -0.149. The van der Waals surface area contributed by atoms with Crippen molar-refractivity contribution in [2.45, 2.75) is 109 Å².